The fourth-order valence-electron chi connectivity index (χ4n) is 2.45. The molecule has 0 aliphatic heterocycles. The highest BCUT2D eigenvalue weighted by atomic mass is 16.5. The molecular weight excluding hydrogens is 286 g/mol. The molecule has 0 saturated carbocycles. The standard InChI is InChI=1S/C20H17NO2/c1-2-23-20(22)19(17-6-4-3-5-7-17)13-15-8-9-16-10-11-21-14-18(16)12-15/h3-14H,2H2,1H3/b19-13+. The molecule has 0 saturated heterocycles. The number of fused-ring (bicyclic) bond motifs is 1. The van der Waals surface area contributed by atoms with Crippen molar-refractivity contribution in [2.75, 3.05) is 6.61 Å². The largest absolute Gasteiger partial charge is 0.462 e. The van der Waals surface area contributed by atoms with Crippen molar-refractivity contribution in [1.29, 1.82) is 0 Å². The number of pyridine rings is 1. The molecule has 0 radical (unpaired) electrons. The Bertz CT molecular complexity index is 854. The van der Waals surface area contributed by atoms with E-state index in [0.717, 1.165) is 21.9 Å². The Morgan fingerprint density at radius 3 is 2.70 bits per heavy atom. The van der Waals surface area contributed by atoms with Gasteiger partial charge in [-0.2, -0.15) is 0 Å². The van der Waals surface area contributed by atoms with E-state index >= 15 is 0 Å². The van der Waals surface area contributed by atoms with Crippen LogP contribution in [0, 0.1) is 0 Å². The molecular formula is C20H17NO2. The van der Waals surface area contributed by atoms with Crippen LogP contribution in [0.4, 0.5) is 0 Å². The average molecular weight is 303 g/mol. The first kappa shape index (κ1) is 15.0. The van der Waals surface area contributed by atoms with Gasteiger partial charge in [-0.15, -0.1) is 0 Å². The van der Waals surface area contributed by atoms with Gasteiger partial charge in [0.1, 0.15) is 0 Å². The summed E-state index contributed by atoms with van der Waals surface area (Å²) in [7, 11) is 0. The van der Waals surface area contributed by atoms with Crippen molar-refractivity contribution in [1.82, 2.24) is 4.98 Å². The molecule has 3 heteroatoms. The van der Waals surface area contributed by atoms with Crippen molar-refractivity contribution >= 4 is 28.4 Å². The van der Waals surface area contributed by atoms with E-state index in [2.05, 4.69) is 4.98 Å². The van der Waals surface area contributed by atoms with Crippen LogP contribution in [-0.4, -0.2) is 17.6 Å². The van der Waals surface area contributed by atoms with Gasteiger partial charge < -0.3 is 4.74 Å². The molecule has 2 aromatic carbocycles. The first-order chi connectivity index (χ1) is 11.3. The Hall–Kier alpha value is -2.94. The molecule has 1 aromatic heterocycles. The Morgan fingerprint density at radius 1 is 1.09 bits per heavy atom. The molecule has 0 aliphatic carbocycles. The number of carbonyl (C=O) groups is 1. The van der Waals surface area contributed by atoms with Crippen molar-refractivity contribution < 1.29 is 9.53 Å². The van der Waals surface area contributed by atoms with E-state index < -0.39 is 0 Å². The van der Waals surface area contributed by atoms with Crippen LogP contribution in [-0.2, 0) is 9.53 Å². The van der Waals surface area contributed by atoms with E-state index in [9.17, 15) is 4.79 Å². The van der Waals surface area contributed by atoms with E-state index in [1.165, 1.54) is 0 Å². The van der Waals surface area contributed by atoms with Gasteiger partial charge >= 0.3 is 5.97 Å². The molecule has 3 aromatic rings. The number of ether oxygens (including phenoxy) is 1. The van der Waals surface area contributed by atoms with Crippen molar-refractivity contribution in [2.24, 2.45) is 0 Å². The minimum absolute atomic E-state index is 0.315. The number of carbonyl (C=O) groups excluding carboxylic acids is 1. The third-order valence-corrected chi connectivity index (χ3v) is 3.56. The first-order valence-corrected chi connectivity index (χ1v) is 7.56. The molecule has 0 fully saturated rings. The van der Waals surface area contributed by atoms with Gasteiger partial charge in [0, 0.05) is 17.8 Å². The summed E-state index contributed by atoms with van der Waals surface area (Å²) in [6, 6.07) is 17.6. The van der Waals surface area contributed by atoms with E-state index in [4.69, 9.17) is 4.74 Å². The van der Waals surface area contributed by atoms with Crippen LogP contribution in [0.15, 0.2) is 67.0 Å². The van der Waals surface area contributed by atoms with E-state index in [-0.39, 0.29) is 5.97 Å². The normalized spacial score (nSPS) is 11.4. The molecule has 0 aliphatic rings. The van der Waals surface area contributed by atoms with Crippen molar-refractivity contribution in [3.05, 3.63) is 78.1 Å². The number of hydrogen-bond acceptors (Lipinski definition) is 3. The Kier molecular flexibility index (Phi) is 4.48. The second-order valence-electron chi connectivity index (χ2n) is 5.13. The minimum atomic E-state index is -0.315. The molecule has 3 nitrogen and oxygen atoms in total. The molecule has 0 N–H and O–H groups in total. The third-order valence-electron chi connectivity index (χ3n) is 3.56. The average Bonchev–Trinajstić information content (AvgIpc) is 2.60. The van der Waals surface area contributed by atoms with Crippen LogP contribution in [0.1, 0.15) is 18.1 Å². The van der Waals surface area contributed by atoms with Gasteiger partial charge in [0.2, 0.25) is 0 Å². The molecule has 0 atom stereocenters. The van der Waals surface area contributed by atoms with Gasteiger partial charge in [0.05, 0.1) is 12.2 Å². The summed E-state index contributed by atoms with van der Waals surface area (Å²) in [5, 5.41) is 2.16. The van der Waals surface area contributed by atoms with Gasteiger partial charge in [-0.1, -0.05) is 42.5 Å². The molecule has 0 amide bonds. The Labute approximate surface area is 135 Å². The monoisotopic (exact) mass is 303 g/mol. The van der Waals surface area contributed by atoms with Gasteiger partial charge in [-0.3, -0.25) is 4.98 Å². The third kappa shape index (κ3) is 3.46. The Balaban J connectivity index is 2.06. The summed E-state index contributed by atoms with van der Waals surface area (Å²) < 4.78 is 5.20. The van der Waals surface area contributed by atoms with E-state index in [0.29, 0.717) is 12.2 Å². The Morgan fingerprint density at radius 2 is 1.91 bits per heavy atom. The highest BCUT2D eigenvalue weighted by molar-refractivity contribution is 6.21. The zero-order valence-corrected chi connectivity index (χ0v) is 12.9. The van der Waals surface area contributed by atoms with Crippen molar-refractivity contribution in [3.8, 4) is 0 Å². The predicted octanol–water partition coefficient (Wildman–Crippen LogP) is 4.34. The number of aromatic nitrogens is 1. The fourth-order valence-corrected chi connectivity index (χ4v) is 2.45. The van der Waals surface area contributed by atoms with E-state index in [1.807, 2.05) is 73.8 Å². The van der Waals surface area contributed by atoms with Crippen LogP contribution < -0.4 is 0 Å². The van der Waals surface area contributed by atoms with Crippen LogP contribution in [0.3, 0.4) is 0 Å². The van der Waals surface area contributed by atoms with Crippen molar-refractivity contribution in [2.45, 2.75) is 6.92 Å². The molecule has 0 spiro atoms. The molecule has 114 valence electrons. The molecule has 23 heavy (non-hydrogen) atoms. The predicted molar refractivity (Wildman–Crippen MR) is 92.7 cm³/mol. The lowest BCUT2D eigenvalue weighted by atomic mass is 10.0. The second-order valence-corrected chi connectivity index (χ2v) is 5.13. The van der Waals surface area contributed by atoms with Crippen LogP contribution in [0.5, 0.6) is 0 Å². The number of hydrogen-bond donors (Lipinski definition) is 0. The summed E-state index contributed by atoms with van der Waals surface area (Å²) >= 11 is 0. The van der Waals surface area contributed by atoms with Crippen LogP contribution >= 0.6 is 0 Å². The smallest absolute Gasteiger partial charge is 0.338 e. The highest BCUT2D eigenvalue weighted by Crippen LogP contribution is 2.22. The maximum absolute atomic E-state index is 12.3. The molecule has 3 rings (SSSR count). The maximum atomic E-state index is 12.3. The second kappa shape index (κ2) is 6.88. The van der Waals surface area contributed by atoms with Gasteiger partial charge in [0.25, 0.3) is 0 Å². The lowest BCUT2D eigenvalue weighted by molar-refractivity contribution is -0.136. The van der Waals surface area contributed by atoms with Gasteiger partial charge in [-0.25, -0.2) is 4.79 Å². The van der Waals surface area contributed by atoms with E-state index in [1.54, 1.807) is 6.20 Å². The van der Waals surface area contributed by atoms with Gasteiger partial charge in [-0.05, 0) is 41.6 Å². The summed E-state index contributed by atoms with van der Waals surface area (Å²) in [5.41, 5.74) is 2.34. The summed E-state index contributed by atoms with van der Waals surface area (Å²) in [4.78, 5) is 16.5. The number of rotatable bonds is 4. The molecule has 0 unspecified atom stereocenters. The SMILES string of the molecule is CCOC(=O)/C(=C/c1ccc2ccncc2c1)c1ccccc1. The topological polar surface area (TPSA) is 39.2 Å². The van der Waals surface area contributed by atoms with Crippen LogP contribution in [0.2, 0.25) is 0 Å². The van der Waals surface area contributed by atoms with Crippen molar-refractivity contribution in [3.63, 3.8) is 0 Å². The maximum Gasteiger partial charge on any atom is 0.338 e. The molecule has 1 heterocycles. The number of benzene rings is 2. The van der Waals surface area contributed by atoms with Crippen LogP contribution in [0.25, 0.3) is 22.4 Å². The summed E-state index contributed by atoms with van der Waals surface area (Å²) in [6.45, 7) is 2.16. The highest BCUT2D eigenvalue weighted by Gasteiger charge is 2.13. The lowest BCUT2D eigenvalue weighted by Crippen LogP contribution is -2.06. The fraction of sp³-hybridized carbons (Fsp3) is 0.100. The molecule has 0 bridgehead atoms. The minimum Gasteiger partial charge on any atom is -0.462 e. The zero-order valence-electron chi connectivity index (χ0n) is 12.9. The quantitative estimate of drug-likeness (QED) is 0.409. The zero-order chi connectivity index (χ0) is 16.1. The van der Waals surface area contributed by atoms with Gasteiger partial charge in [0.15, 0.2) is 0 Å². The summed E-state index contributed by atoms with van der Waals surface area (Å²) in [5.74, 6) is -0.315. The summed E-state index contributed by atoms with van der Waals surface area (Å²) in [6.07, 6.45) is 5.45. The number of esters is 1. The first-order valence-electron chi connectivity index (χ1n) is 7.56. The lowest BCUT2D eigenvalue weighted by Gasteiger charge is -2.08. The number of nitrogens with zero attached hydrogens (tertiary/aromatic N) is 1.